The minimum absolute atomic E-state index is 0.0253. The number of rotatable bonds is 9. The molecule has 0 N–H and O–H groups in total. The van der Waals surface area contributed by atoms with Gasteiger partial charge in [-0.15, -0.1) is 0 Å². The maximum Gasteiger partial charge on any atom is 0.338 e. The zero-order valence-corrected chi connectivity index (χ0v) is 24.2. The summed E-state index contributed by atoms with van der Waals surface area (Å²) < 4.78 is 34.9. The monoisotopic (exact) mass is 562 g/mol. The van der Waals surface area contributed by atoms with Crippen LogP contribution in [-0.2, 0) is 30.8 Å². The molecule has 0 radical (unpaired) electrons. The Kier molecular flexibility index (Phi) is 8.56. The van der Waals surface area contributed by atoms with Gasteiger partial charge in [0.1, 0.15) is 6.04 Å². The van der Waals surface area contributed by atoms with Crippen molar-refractivity contribution in [2.24, 2.45) is 0 Å². The first-order chi connectivity index (χ1) is 19.0. The van der Waals surface area contributed by atoms with Crippen LogP contribution < -0.4 is 4.90 Å². The maximum atomic E-state index is 14.4. The van der Waals surface area contributed by atoms with Gasteiger partial charge in [-0.2, -0.15) is 4.31 Å². The fourth-order valence-corrected chi connectivity index (χ4v) is 7.25. The van der Waals surface area contributed by atoms with Crippen molar-refractivity contribution in [2.75, 3.05) is 18.1 Å². The van der Waals surface area contributed by atoms with Crippen LogP contribution in [0.4, 0.5) is 5.69 Å². The molecule has 1 aliphatic rings. The van der Waals surface area contributed by atoms with Crippen molar-refractivity contribution in [3.63, 3.8) is 0 Å². The first-order valence-corrected chi connectivity index (χ1v) is 14.7. The number of hydrogen-bond donors (Lipinski definition) is 0. The summed E-state index contributed by atoms with van der Waals surface area (Å²) in [4.78, 5) is 40.2. The summed E-state index contributed by atoms with van der Waals surface area (Å²) in [6, 6.07) is 16.1. The van der Waals surface area contributed by atoms with E-state index in [0.717, 1.165) is 21.6 Å². The van der Waals surface area contributed by atoms with Gasteiger partial charge in [0.05, 0.1) is 29.2 Å². The van der Waals surface area contributed by atoms with Crippen LogP contribution in [0.3, 0.4) is 0 Å². The van der Waals surface area contributed by atoms with Gasteiger partial charge in [0.15, 0.2) is 0 Å². The number of benzene rings is 3. The molecule has 2 amide bonds. The Morgan fingerprint density at radius 1 is 0.950 bits per heavy atom. The number of anilines is 1. The number of carbonyl (C=O) groups excluding carboxylic acids is 3. The highest BCUT2D eigenvalue weighted by molar-refractivity contribution is 7.89. The molecule has 1 saturated heterocycles. The number of sulfonamides is 1. The Labute approximate surface area is 235 Å². The van der Waals surface area contributed by atoms with E-state index in [4.69, 9.17) is 4.74 Å². The lowest BCUT2D eigenvalue weighted by Crippen LogP contribution is -2.46. The Hall–Kier alpha value is -3.82. The highest BCUT2D eigenvalue weighted by Gasteiger charge is 2.47. The van der Waals surface area contributed by atoms with Gasteiger partial charge in [0.25, 0.3) is 5.91 Å². The van der Waals surface area contributed by atoms with E-state index >= 15 is 0 Å². The molecule has 0 saturated carbocycles. The predicted octanol–water partition coefficient (Wildman–Crippen LogP) is 4.66. The lowest BCUT2D eigenvalue weighted by Gasteiger charge is -2.29. The summed E-state index contributed by atoms with van der Waals surface area (Å²) >= 11 is 0. The molecule has 0 bridgehead atoms. The van der Waals surface area contributed by atoms with E-state index in [9.17, 15) is 22.8 Å². The number of nitrogens with zero attached hydrogens (tertiary/aromatic N) is 2. The zero-order valence-electron chi connectivity index (χ0n) is 23.4. The third-order valence-corrected chi connectivity index (χ3v) is 9.62. The van der Waals surface area contributed by atoms with Crippen molar-refractivity contribution in [3.8, 4) is 0 Å². The van der Waals surface area contributed by atoms with Crippen LogP contribution in [0.15, 0.2) is 65.6 Å². The number of carbonyl (C=O) groups is 3. The van der Waals surface area contributed by atoms with Crippen molar-refractivity contribution in [1.82, 2.24) is 4.31 Å². The molecule has 0 spiro atoms. The highest BCUT2D eigenvalue weighted by Crippen LogP contribution is 2.34. The van der Waals surface area contributed by atoms with E-state index in [-0.39, 0.29) is 35.7 Å². The Morgan fingerprint density at radius 2 is 1.55 bits per heavy atom. The summed E-state index contributed by atoms with van der Waals surface area (Å²) in [5.74, 6) is -1.64. The van der Waals surface area contributed by atoms with Crippen molar-refractivity contribution in [1.29, 1.82) is 0 Å². The van der Waals surface area contributed by atoms with Crippen LogP contribution in [0.5, 0.6) is 0 Å². The molecule has 1 atom stereocenters. The average molecular weight is 563 g/mol. The van der Waals surface area contributed by atoms with Crippen LogP contribution in [0.2, 0.25) is 0 Å². The molecule has 3 aromatic rings. The summed E-state index contributed by atoms with van der Waals surface area (Å²) in [5.41, 5.74) is 4.38. The Balaban J connectivity index is 1.74. The van der Waals surface area contributed by atoms with Gasteiger partial charge in [-0.25, -0.2) is 18.1 Å². The van der Waals surface area contributed by atoms with E-state index in [1.807, 2.05) is 50.2 Å². The van der Waals surface area contributed by atoms with Crippen LogP contribution >= 0.6 is 0 Å². The Morgan fingerprint density at radius 3 is 2.12 bits per heavy atom. The minimum atomic E-state index is -4.17. The molecule has 0 aromatic heterocycles. The second-order valence-corrected chi connectivity index (χ2v) is 11.8. The summed E-state index contributed by atoms with van der Waals surface area (Å²) in [7, 11) is -4.17. The van der Waals surface area contributed by atoms with Gasteiger partial charge in [-0.05, 0) is 93.1 Å². The second-order valence-electron chi connectivity index (χ2n) is 10.00. The molecular formula is C31H34N2O6S. The topological polar surface area (TPSA) is 101 Å². The number of ether oxygens (including phenoxy) is 1. The van der Waals surface area contributed by atoms with E-state index < -0.39 is 33.8 Å². The normalized spacial score (nSPS) is 15.7. The van der Waals surface area contributed by atoms with Crippen LogP contribution in [0, 0.1) is 27.7 Å². The SMILES string of the molecule is CCOC(=O)c1ccc(N2C(=O)CC(N(CCc3ccccc3)S(=O)(=O)c3c(C)c(C)cc(C)c3C)C2=O)cc1. The number of hydrogen-bond acceptors (Lipinski definition) is 6. The van der Waals surface area contributed by atoms with E-state index in [0.29, 0.717) is 17.5 Å². The van der Waals surface area contributed by atoms with Gasteiger partial charge in [0.2, 0.25) is 15.9 Å². The van der Waals surface area contributed by atoms with Crippen LogP contribution in [0.25, 0.3) is 0 Å². The van der Waals surface area contributed by atoms with Crippen LogP contribution in [-0.4, -0.2) is 49.7 Å². The van der Waals surface area contributed by atoms with Crippen LogP contribution in [0.1, 0.15) is 51.5 Å². The lowest BCUT2D eigenvalue weighted by atomic mass is 10.0. The van der Waals surface area contributed by atoms with Crippen molar-refractivity contribution >= 4 is 33.5 Å². The smallest absolute Gasteiger partial charge is 0.338 e. The molecule has 9 heteroatoms. The van der Waals surface area contributed by atoms with E-state index in [2.05, 4.69) is 0 Å². The van der Waals surface area contributed by atoms with Gasteiger partial charge >= 0.3 is 5.97 Å². The number of esters is 1. The molecule has 1 fully saturated rings. The van der Waals surface area contributed by atoms with E-state index in [1.165, 1.54) is 28.6 Å². The average Bonchev–Trinajstić information content (AvgIpc) is 3.21. The summed E-state index contributed by atoms with van der Waals surface area (Å²) in [5, 5.41) is 0. The number of imide groups is 1. The molecule has 40 heavy (non-hydrogen) atoms. The quantitative estimate of drug-likeness (QED) is 0.278. The number of aryl methyl sites for hydroxylation is 2. The Bertz CT molecular complexity index is 1520. The zero-order chi connectivity index (χ0) is 29.2. The van der Waals surface area contributed by atoms with Crippen molar-refractivity contribution in [2.45, 2.75) is 58.4 Å². The first-order valence-electron chi connectivity index (χ1n) is 13.2. The molecule has 0 aliphatic carbocycles. The molecule has 1 aliphatic heterocycles. The largest absolute Gasteiger partial charge is 0.462 e. The predicted molar refractivity (Wildman–Crippen MR) is 153 cm³/mol. The minimum Gasteiger partial charge on any atom is -0.462 e. The first kappa shape index (κ1) is 29.2. The second kappa shape index (κ2) is 11.7. The van der Waals surface area contributed by atoms with Gasteiger partial charge in [-0.3, -0.25) is 9.59 Å². The third-order valence-electron chi connectivity index (χ3n) is 7.43. The van der Waals surface area contributed by atoms with E-state index in [1.54, 1.807) is 20.8 Å². The fraction of sp³-hybridized carbons (Fsp3) is 0.323. The van der Waals surface area contributed by atoms with Gasteiger partial charge < -0.3 is 4.74 Å². The van der Waals surface area contributed by atoms with Gasteiger partial charge in [0, 0.05) is 6.54 Å². The maximum absolute atomic E-state index is 14.4. The molecule has 210 valence electrons. The molecule has 1 unspecified atom stereocenters. The van der Waals surface area contributed by atoms with Crippen molar-refractivity contribution in [3.05, 3.63) is 94.0 Å². The van der Waals surface area contributed by atoms with Gasteiger partial charge in [-0.1, -0.05) is 36.4 Å². The molecule has 8 nitrogen and oxygen atoms in total. The molecule has 3 aromatic carbocycles. The highest BCUT2D eigenvalue weighted by atomic mass is 32.2. The lowest BCUT2D eigenvalue weighted by molar-refractivity contribution is -0.122. The number of amides is 2. The molecule has 1 heterocycles. The third kappa shape index (κ3) is 5.57. The molecule has 4 rings (SSSR count). The van der Waals surface area contributed by atoms with Crippen molar-refractivity contribution < 1.29 is 27.5 Å². The summed E-state index contributed by atoms with van der Waals surface area (Å²) in [6.45, 7) is 9.20. The standard InChI is InChI=1S/C31H34N2O6S/c1-6-39-31(36)25-12-14-26(15-13-25)33-28(34)19-27(30(33)35)32(17-16-24-10-8-7-9-11-24)40(37,38)29-22(4)20(2)18-21(3)23(29)5/h7-15,18,27H,6,16-17,19H2,1-5H3. The summed E-state index contributed by atoms with van der Waals surface area (Å²) in [6.07, 6.45) is 0.0878. The fourth-order valence-electron chi connectivity index (χ4n) is 5.09. The molecular weight excluding hydrogens is 528 g/mol.